The van der Waals surface area contributed by atoms with Crippen LogP contribution in [0.4, 0.5) is 5.69 Å². The number of ether oxygens (including phenoxy) is 1. The largest absolute Gasteiger partial charge is 0.497 e. The number of hydrogen-bond donors (Lipinski definition) is 0. The van der Waals surface area contributed by atoms with E-state index in [2.05, 4.69) is 18.2 Å². The fraction of sp³-hybridized carbons (Fsp3) is 0.357. The number of nitrogens with zero attached hydrogens (tertiary/aromatic N) is 1. The van der Waals surface area contributed by atoms with Crippen LogP contribution >= 0.6 is 0 Å². The second-order valence-corrected chi connectivity index (χ2v) is 9.89. The van der Waals surface area contributed by atoms with Crippen LogP contribution in [0.25, 0.3) is 6.08 Å². The minimum absolute atomic E-state index is 0.00588. The Labute approximate surface area is 187 Å². The Morgan fingerprint density at radius 1 is 0.844 bits per heavy atom. The van der Waals surface area contributed by atoms with Gasteiger partial charge in [0.05, 0.1) is 24.6 Å². The highest BCUT2D eigenvalue weighted by Crippen LogP contribution is 2.70. The van der Waals surface area contributed by atoms with Gasteiger partial charge in [-0.25, -0.2) is 4.90 Å². The molecule has 4 aliphatic carbocycles. The summed E-state index contributed by atoms with van der Waals surface area (Å²) in [5, 5.41) is 0. The van der Waals surface area contributed by atoms with Gasteiger partial charge in [-0.2, -0.15) is 0 Å². The van der Waals surface area contributed by atoms with Gasteiger partial charge in [0, 0.05) is 11.8 Å². The number of benzene rings is 2. The molecule has 0 unspecified atom stereocenters. The molecular weight excluding hydrogens is 398 g/mol. The monoisotopic (exact) mass is 423 g/mol. The molecule has 5 aliphatic rings. The number of hydrogen-bond acceptors (Lipinski definition) is 3. The highest BCUT2D eigenvalue weighted by atomic mass is 16.5. The number of para-hydroxylation sites is 1. The molecule has 2 aromatic carbocycles. The van der Waals surface area contributed by atoms with Gasteiger partial charge in [-0.3, -0.25) is 9.59 Å². The Balaban J connectivity index is 1.34. The lowest BCUT2D eigenvalue weighted by molar-refractivity contribution is -0.123. The molecule has 1 aliphatic heterocycles. The molecule has 1 heterocycles. The molecule has 3 fully saturated rings. The molecule has 7 rings (SSSR count). The van der Waals surface area contributed by atoms with Crippen molar-refractivity contribution in [1.82, 2.24) is 0 Å². The third kappa shape index (κ3) is 2.22. The predicted molar refractivity (Wildman–Crippen MR) is 122 cm³/mol. The fourth-order valence-corrected chi connectivity index (χ4v) is 7.56. The number of carbonyl (C=O) groups is 2. The van der Waals surface area contributed by atoms with Crippen molar-refractivity contribution in [2.24, 2.45) is 35.5 Å². The van der Waals surface area contributed by atoms with E-state index in [1.54, 1.807) is 7.11 Å². The number of rotatable bonds is 3. The molecule has 6 atom stereocenters. The van der Waals surface area contributed by atoms with Crippen LogP contribution in [0.1, 0.15) is 24.8 Å². The van der Waals surface area contributed by atoms with E-state index in [0.717, 1.165) is 11.3 Å². The maximum Gasteiger partial charge on any atom is 0.238 e. The Hall–Kier alpha value is -3.14. The van der Waals surface area contributed by atoms with E-state index >= 15 is 0 Å². The third-order valence-electron chi connectivity index (χ3n) is 8.61. The van der Waals surface area contributed by atoms with Crippen molar-refractivity contribution in [3.8, 4) is 5.75 Å². The van der Waals surface area contributed by atoms with E-state index in [9.17, 15) is 9.59 Å². The number of allylic oxidation sites excluding steroid dienone is 3. The summed E-state index contributed by atoms with van der Waals surface area (Å²) in [4.78, 5) is 28.9. The molecule has 4 heteroatoms. The van der Waals surface area contributed by atoms with Crippen LogP contribution in [0.2, 0.25) is 0 Å². The molecule has 32 heavy (non-hydrogen) atoms. The molecule has 0 radical (unpaired) electrons. The highest BCUT2D eigenvalue weighted by molar-refractivity contribution is 6.23. The minimum Gasteiger partial charge on any atom is -0.497 e. The molecule has 2 saturated carbocycles. The van der Waals surface area contributed by atoms with Crippen LogP contribution in [0, 0.1) is 35.5 Å². The third-order valence-corrected chi connectivity index (χ3v) is 8.61. The predicted octanol–water partition coefficient (Wildman–Crippen LogP) is 4.87. The Bertz CT molecular complexity index is 1160. The average Bonchev–Trinajstić information content (AvgIpc) is 3.61. The molecule has 160 valence electrons. The maximum absolute atomic E-state index is 13.7. The lowest BCUT2D eigenvalue weighted by Crippen LogP contribution is -2.33. The zero-order valence-corrected chi connectivity index (χ0v) is 18.0. The van der Waals surface area contributed by atoms with Crippen molar-refractivity contribution in [3.05, 3.63) is 76.9 Å². The maximum atomic E-state index is 13.7. The first-order valence-corrected chi connectivity index (χ1v) is 11.7. The van der Waals surface area contributed by atoms with E-state index in [0.29, 0.717) is 17.5 Å². The molecule has 4 bridgehead atoms. The first-order chi connectivity index (χ1) is 15.7. The normalized spacial score (nSPS) is 33.9. The number of carbonyl (C=O) groups excluding carboxylic acids is 2. The second-order valence-electron chi connectivity index (χ2n) is 9.89. The lowest BCUT2D eigenvalue weighted by Gasteiger charge is -2.28. The summed E-state index contributed by atoms with van der Waals surface area (Å²) in [7, 11) is 1.67. The van der Waals surface area contributed by atoms with Crippen molar-refractivity contribution in [3.63, 3.8) is 0 Å². The lowest BCUT2D eigenvalue weighted by atomic mass is 9.72. The summed E-state index contributed by atoms with van der Waals surface area (Å²) >= 11 is 0. The van der Waals surface area contributed by atoms with Gasteiger partial charge >= 0.3 is 0 Å². The second kappa shape index (κ2) is 6.44. The van der Waals surface area contributed by atoms with Crippen molar-refractivity contribution in [2.45, 2.75) is 19.3 Å². The Morgan fingerprint density at radius 2 is 1.44 bits per heavy atom. The van der Waals surface area contributed by atoms with Gasteiger partial charge in [0.2, 0.25) is 11.8 Å². The van der Waals surface area contributed by atoms with Gasteiger partial charge in [0.1, 0.15) is 5.75 Å². The van der Waals surface area contributed by atoms with Gasteiger partial charge in [0.25, 0.3) is 0 Å². The molecule has 4 nitrogen and oxygen atoms in total. The van der Waals surface area contributed by atoms with Crippen LogP contribution in [-0.4, -0.2) is 18.9 Å². The quantitative estimate of drug-likeness (QED) is 0.402. The fourth-order valence-electron chi connectivity index (χ4n) is 7.56. The Kier molecular flexibility index (Phi) is 3.71. The van der Waals surface area contributed by atoms with Crippen LogP contribution in [0.3, 0.4) is 0 Å². The summed E-state index contributed by atoms with van der Waals surface area (Å²) in [6, 6.07) is 17.5. The van der Waals surface area contributed by atoms with E-state index in [-0.39, 0.29) is 35.5 Å². The number of fused-ring (bicyclic) bond motifs is 11. The van der Waals surface area contributed by atoms with Crippen LogP contribution in [0.5, 0.6) is 5.75 Å². The molecule has 0 spiro atoms. The number of anilines is 1. The van der Waals surface area contributed by atoms with Crippen molar-refractivity contribution >= 4 is 23.6 Å². The average molecular weight is 424 g/mol. The van der Waals surface area contributed by atoms with Gasteiger partial charge in [-0.05, 0) is 60.9 Å². The van der Waals surface area contributed by atoms with E-state index < -0.39 is 0 Å². The first kappa shape index (κ1) is 18.4. The zero-order chi connectivity index (χ0) is 21.6. The topological polar surface area (TPSA) is 46.6 Å². The standard InChI is InChI=1S/C28H25NO3/c1-32-19-11-7-15(8-12-19)13-20-23-21-16-9-10-17(14-16)22(21)24(20)26-25(23)27(30)29(28(26)31)18-5-3-2-4-6-18/h2-8,11-13,16-17,23-26H,9-10,14H2,1H3/t16-,17-,23-,24-,25-,26-/m0/s1. The van der Waals surface area contributed by atoms with Crippen molar-refractivity contribution < 1.29 is 14.3 Å². The minimum atomic E-state index is -0.240. The van der Waals surface area contributed by atoms with Crippen LogP contribution in [-0.2, 0) is 9.59 Å². The van der Waals surface area contributed by atoms with Gasteiger partial charge in [0.15, 0.2) is 0 Å². The SMILES string of the molecule is COc1ccc(C=C2[C@H]3C4=C([C@H]5CC[C@H]4C5)[C@H]2[C@@H]2C(=O)N(c4ccccc4)C(=O)[C@@H]32)cc1. The summed E-state index contributed by atoms with van der Waals surface area (Å²) in [6.07, 6.45) is 5.98. The van der Waals surface area contributed by atoms with E-state index in [1.807, 2.05) is 42.5 Å². The molecular formula is C28H25NO3. The summed E-state index contributed by atoms with van der Waals surface area (Å²) < 4.78 is 5.31. The molecule has 0 aromatic heterocycles. The summed E-state index contributed by atoms with van der Waals surface area (Å²) in [5.41, 5.74) is 6.19. The summed E-state index contributed by atoms with van der Waals surface area (Å²) in [6.45, 7) is 0. The number of methoxy groups -OCH3 is 1. The van der Waals surface area contributed by atoms with Crippen molar-refractivity contribution in [2.75, 3.05) is 12.0 Å². The molecule has 1 saturated heterocycles. The molecule has 2 amide bonds. The number of imide groups is 1. The van der Waals surface area contributed by atoms with E-state index in [4.69, 9.17) is 4.74 Å². The zero-order valence-electron chi connectivity index (χ0n) is 18.0. The van der Waals surface area contributed by atoms with E-state index in [1.165, 1.54) is 40.9 Å². The van der Waals surface area contributed by atoms with Gasteiger partial charge in [-0.15, -0.1) is 0 Å². The van der Waals surface area contributed by atoms with Crippen LogP contribution in [0.15, 0.2) is 71.3 Å². The Morgan fingerprint density at radius 3 is 2.00 bits per heavy atom. The first-order valence-electron chi connectivity index (χ1n) is 11.7. The van der Waals surface area contributed by atoms with Gasteiger partial charge in [-0.1, -0.05) is 53.1 Å². The van der Waals surface area contributed by atoms with Crippen LogP contribution < -0.4 is 9.64 Å². The highest BCUT2D eigenvalue weighted by Gasteiger charge is 2.69. The van der Waals surface area contributed by atoms with Gasteiger partial charge < -0.3 is 4.74 Å². The molecule has 2 aromatic rings. The smallest absolute Gasteiger partial charge is 0.238 e. The summed E-state index contributed by atoms with van der Waals surface area (Å²) in [5.74, 6) is 1.76. The molecule has 0 N–H and O–H groups in total. The number of amides is 2. The van der Waals surface area contributed by atoms with Crippen molar-refractivity contribution in [1.29, 1.82) is 0 Å².